The van der Waals surface area contributed by atoms with Gasteiger partial charge in [0.05, 0.1) is 34.1 Å². The van der Waals surface area contributed by atoms with E-state index >= 15 is 0 Å². The Morgan fingerprint density at radius 1 is 1.18 bits per heavy atom. The average Bonchev–Trinajstić information content (AvgIpc) is 3.42. The number of carboxylic acid groups (broad SMARTS) is 1. The van der Waals surface area contributed by atoms with Gasteiger partial charge in [-0.2, -0.15) is 0 Å². The lowest BCUT2D eigenvalue weighted by atomic mass is 9.79. The molecule has 238 valence electrons. The van der Waals surface area contributed by atoms with Gasteiger partial charge in [0.15, 0.2) is 0 Å². The van der Waals surface area contributed by atoms with Crippen LogP contribution in [0.2, 0.25) is 5.02 Å². The number of carboxylic acids is 1. The first kappa shape index (κ1) is 31.7. The summed E-state index contributed by atoms with van der Waals surface area (Å²) in [5.74, 6) is 0.263. The van der Waals surface area contributed by atoms with Gasteiger partial charge in [-0.1, -0.05) is 25.4 Å². The second kappa shape index (κ2) is 12.5. The summed E-state index contributed by atoms with van der Waals surface area (Å²) in [5, 5.41) is 11.8. The van der Waals surface area contributed by atoms with Gasteiger partial charge in [-0.25, -0.2) is 9.78 Å². The highest BCUT2D eigenvalue weighted by Gasteiger charge is 2.39. The summed E-state index contributed by atoms with van der Waals surface area (Å²) >= 11 is 7.76. The molecule has 0 saturated carbocycles. The zero-order valence-corrected chi connectivity index (χ0v) is 27.9. The minimum Gasteiger partial charge on any atom is -0.491 e. The first-order valence-electron chi connectivity index (χ1n) is 15.4. The van der Waals surface area contributed by atoms with Crippen LogP contribution >= 0.6 is 22.9 Å². The molecule has 6 rings (SSSR count). The molecule has 0 radical (unpaired) electrons. The Morgan fingerprint density at radius 2 is 1.98 bits per heavy atom. The summed E-state index contributed by atoms with van der Waals surface area (Å²) in [6, 6.07) is 7.62. The first-order chi connectivity index (χ1) is 21.5. The van der Waals surface area contributed by atoms with E-state index in [9.17, 15) is 14.7 Å². The molecule has 0 unspecified atom stereocenters. The molecule has 3 aromatic heterocycles. The van der Waals surface area contributed by atoms with Crippen molar-refractivity contribution in [1.82, 2.24) is 19.4 Å². The molecule has 1 saturated heterocycles. The molecule has 1 N–H and O–H groups in total. The molecular weight excluding hydrogens is 612 g/mol. The summed E-state index contributed by atoms with van der Waals surface area (Å²) < 4.78 is 14.5. The molecule has 1 aromatic carbocycles. The summed E-state index contributed by atoms with van der Waals surface area (Å²) in [5.41, 5.74) is 4.66. The molecule has 2 aliphatic rings. The van der Waals surface area contributed by atoms with Crippen molar-refractivity contribution in [3.63, 3.8) is 0 Å². The van der Waals surface area contributed by atoms with Crippen LogP contribution in [-0.4, -0.2) is 69.5 Å². The van der Waals surface area contributed by atoms with Crippen LogP contribution in [-0.2, 0) is 24.1 Å². The predicted octanol–water partition coefficient (Wildman–Crippen LogP) is 6.17. The molecule has 4 aromatic rings. The fourth-order valence-corrected chi connectivity index (χ4v) is 8.27. The van der Waals surface area contributed by atoms with Crippen LogP contribution in [0.5, 0.6) is 5.75 Å². The predicted molar refractivity (Wildman–Crippen MR) is 177 cm³/mol. The van der Waals surface area contributed by atoms with Gasteiger partial charge in [-0.3, -0.25) is 19.2 Å². The maximum Gasteiger partial charge on any atom is 0.338 e. The number of piperidine rings is 1. The van der Waals surface area contributed by atoms with E-state index < -0.39 is 5.97 Å². The number of aromatic carboxylic acids is 1. The number of rotatable bonds is 8. The largest absolute Gasteiger partial charge is 0.491 e. The van der Waals surface area contributed by atoms with E-state index in [4.69, 9.17) is 26.1 Å². The molecular formula is C34H39ClN4O5S. The summed E-state index contributed by atoms with van der Waals surface area (Å²) in [7, 11) is 1.80. The molecule has 1 fully saturated rings. The number of nitrogens with zero attached hydrogens (tertiary/aromatic N) is 4. The van der Waals surface area contributed by atoms with E-state index in [1.165, 1.54) is 11.3 Å². The number of thiophene rings is 1. The lowest BCUT2D eigenvalue weighted by molar-refractivity contribution is -0.0630. The molecule has 1 aliphatic heterocycles. The summed E-state index contributed by atoms with van der Waals surface area (Å²) in [4.78, 5) is 37.6. The Kier molecular flexibility index (Phi) is 8.78. The van der Waals surface area contributed by atoms with Crippen LogP contribution in [0.1, 0.15) is 59.8 Å². The van der Waals surface area contributed by atoms with E-state index in [2.05, 4.69) is 23.7 Å². The van der Waals surface area contributed by atoms with Crippen LogP contribution in [0.15, 0.2) is 34.4 Å². The number of ether oxygens (including phenoxy) is 2. The summed E-state index contributed by atoms with van der Waals surface area (Å²) in [6.45, 7) is 10.8. The standard InChI is InChI=1S/C34H39ClN4O5S/c1-19-14-24(31-30(36-19)26(17-45-31)33(41)42)23-15-21(35)6-9-28(23)44-13-12-39-20(2)37-27-8-7-22(16-25(27)32(39)40)38-11-10-29(43-5)34(3,4)18-38/h6,9,14-15,17,22,29H,7-8,10-13,16,18H2,1-5H3,(H,41,42)/t22-,29+/m1/s1. The maximum atomic E-state index is 13.9. The van der Waals surface area contributed by atoms with Crippen LogP contribution in [0.4, 0.5) is 0 Å². The van der Waals surface area contributed by atoms with Crippen molar-refractivity contribution >= 4 is 39.1 Å². The van der Waals surface area contributed by atoms with Crippen molar-refractivity contribution in [2.75, 3.05) is 26.8 Å². The van der Waals surface area contributed by atoms with Crippen LogP contribution in [0.25, 0.3) is 21.3 Å². The molecule has 0 amide bonds. The van der Waals surface area contributed by atoms with Gasteiger partial charge in [0.1, 0.15) is 18.2 Å². The highest BCUT2D eigenvalue weighted by atomic mass is 35.5. The topological polar surface area (TPSA) is 107 Å². The average molecular weight is 651 g/mol. The molecule has 4 heterocycles. The number of likely N-dealkylation sites (tertiary alicyclic amines) is 1. The third-order valence-electron chi connectivity index (χ3n) is 9.34. The molecule has 1 aliphatic carbocycles. The van der Waals surface area contributed by atoms with Crippen LogP contribution in [0, 0.1) is 19.3 Å². The van der Waals surface area contributed by atoms with Crippen molar-refractivity contribution < 1.29 is 19.4 Å². The quantitative estimate of drug-likeness (QED) is 0.241. The number of aryl methyl sites for hydroxylation is 3. The molecule has 45 heavy (non-hydrogen) atoms. The SMILES string of the molecule is CO[C@H]1CCN([C@@H]2CCc3nc(C)n(CCOc4ccc(Cl)cc4-c4cc(C)nc5c(C(=O)O)csc45)c(=O)c3C2)CC1(C)C. The van der Waals surface area contributed by atoms with Gasteiger partial charge in [-0.15, -0.1) is 11.3 Å². The third-order valence-corrected chi connectivity index (χ3v) is 10.6. The van der Waals surface area contributed by atoms with Gasteiger partial charge >= 0.3 is 5.97 Å². The molecule has 11 heteroatoms. The second-order valence-electron chi connectivity index (χ2n) is 12.8. The van der Waals surface area contributed by atoms with Gasteiger partial charge in [0, 0.05) is 64.4 Å². The van der Waals surface area contributed by atoms with Crippen LogP contribution < -0.4 is 10.3 Å². The Labute approximate surface area is 271 Å². The van der Waals surface area contributed by atoms with E-state index in [0.717, 1.165) is 59.4 Å². The second-order valence-corrected chi connectivity index (χ2v) is 14.2. The number of carbonyl (C=O) groups is 1. The maximum absolute atomic E-state index is 13.9. The molecule has 0 bridgehead atoms. The molecule has 2 atom stereocenters. The van der Waals surface area contributed by atoms with E-state index in [1.54, 1.807) is 23.1 Å². The fourth-order valence-electron chi connectivity index (χ4n) is 7.09. The smallest absolute Gasteiger partial charge is 0.338 e. The number of pyridine rings is 1. The van der Waals surface area contributed by atoms with Gasteiger partial charge < -0.3 is 14.6 Å². The zero-order valence-electron chi connectivity index (χ0n) is 26.4. The number of fused-ring (bicyclic) bond motifs is 2. The highest BCUT2D eigenvalue weighted by molar-refractivity contribution is 7.18. The Balaban J connectivity index is 1.23. The lowest BCUT2D eigenvalue weighted by Gasteiger charge is -2.47. The minimum absolute atomic E-state index is 0.0134. The van der Waals surface area contributed by atoms with Crippen molar-refractivity contribution in [3.05, 3.63) is 73.4 Å². The number of aromatic nitrogens is 3. The number of hydrogen-bond donors (Lipinski definition) is 1. The monoisotopic (exact) mass is 650 g/mol. The third kappa shape index (κ3) is 6.13. The highest BCUT2D eigenvalue weighted by Crippen LogP contribution is 2.40. The Bertz CT molecular complexity index is 1830. The Morgan fingerprint density at radius 3 is 2.71 bits per heavy atom. The van der Waals surface area contributed by atoms with Gasteiger partial charge in [0.2, 0.25) is 0 Å². The number of hydrogen-bond acceptors (Lipinski definition) is 8. The van der Waals surface area contributed by atoms with E-state index in [1.807, 2.05) is 32.0 Å². The normalized spacial score (nSPS) is 19.9. The number of halogens is 1. The number of methoxy groups -OCH3 is 1. The Hall–Kier alpha value is -3.31. The first-order valence-corrected chi connectivity index (χ1v) is 16.6. The molecule has 9 nitrogen and oxygen atoms in total. The van der Waals surface area contributed by atoms with Crippen molar-refractivity contribution in [3.8, 4) is 16.9 Å². The van der Waals surface area contributed by atoms with Crippen molar-refractivity contribution in [1.29, 1.82) is 0 Å². The lowest BCUT2D eigenvalue weighted by Crippen LogP contribution is -2.54. The van der Waals surface area contributed by atoms with E-state index in [0.29, 0.717) is 46.8 Å². The number of benzene rings is 1. The van der Waals surface area contributed by atoms with Gasteiger partial charge in [0.25, 0.3) is 5.56 Å². The minimum atomic E-state index is -1.02. The van der Waals surface area contributed by atoms with Gasteiger partial charge in [-0.05, 0) is 63.8 Å². The zero-order chi connectivity index (χ0) is 32.0. The molecule has 0 spiro atoms. The van der Waals surface area contributed by atoms with Crippen molar-refractivity contribution in [2.24, 2.45) is 5.41 Å². The van der Waals surface area contributed by atoms with Crippen LogP contribution in [0.3, 0.4) is 0 Å². The summed E-state index contributed by atoms with van der Waals surface area (Å²) in [6.07, 6.45) is 3.74. The fraction of sp³-hybridized carbons (Fsp3) is 0.471. The van der Waals surface area contributed by atoms with E-state index in [-0.39, 0.29) is 29.2 Å². The van der Waals surface area contributed by atoms with Crippen molar-refractivity contribution in [2.45, 2.75) is 72.1 Å².